The maximum absolute atomic E-state index is 13.0. The maximum atomic E-state index is 13.0. The molecular formula is C26H41N3O4. The zero-order valence-corrected chi connectivity index (χ0v) is 20.9. The van der Waals surface area contributed by atoms with E-state index in [0.29, 0.717) is 25.8 Å². The Morgan fingerprint density at radius 3 is 2.36 bits per heavy atom. The van der Waals surface area contributed by atoms with Crippen LogP contribution in [0.25, 0.3) is 0 Å². The first-order valence-electron chi connectivity index (χ1n) is 12.3. The van der Waals surface area contributed by atoms with Gasteiger partial charge >= 0.3 is 0 Å². The van der Waals surface area contributed by atoms with E-state index >= 15 is 0 Å². The molecule has 0 bridgehead atoms. The Bertz CT molecular complexity index is 789. The van der Waals surface area contributed by atoms with Crippen LogP contribution in [-0.4, -0.2) is 55.0 Å². The number of likely N-dealkylation sites (tertiary alicyclic amines) is 1. The summed E-state index contributed by atoms with van der Waals surface area (Å²) in [6.07, 6.45) is 2.79. The second-order valence-electron chi connectivity index (χ2n) is 8.92. The molecular weight excluding hydrogens is 418 g/mol. The van der Waals surface area contributed by atoms with Crippen molar-refractivity contribution in [1.82, 2.24) is 15.5 Å². The van der Waals surface area contributed by atoms with Crippen LogP contribution in [0.15, 0.2) is 24.3 Å². The van der Waals surface area contributed by atoms with Crippen LogP contribution in [-0.2, 0) is 19.1 Å². The molecule has 0 unspecified atom stereocenters. The minimum atomic E-state index is -0.665. The summed E-state index contributed by atoms with van der Waals surface area (Å²) in [6.45, 7) is 11.3. The van der Waals surface area contributed by atoms with Gasteiger partial charge in [0.15, 0.2) is 5.78 Å². The average Bonchev–Trinajstić information content (AvgIpc) is 2.80. The van der Waals surface area contributed by atoms with Gasteiger partial charge in [0.05, 0.1) is 11.5 Å². The van der Waals surface area contributed by atoms with E-state index in [-0.39, 0.29) is 36.8 Å². The van der Waals surface area contributed by atoms with Crippen LogP contribution in [0.5, 0.6) is 0 Å². The fourth-order valence-electron chi connectivity index (χ4n) is 4.49. The lowest BCUT2D eigenvalue weighted by Gasteiger charge is -2.54. The quantitative estimate of drug-likeness (QED) is 0.310. The number of carbonyl (C=O) groups excluding carboxylic acids is 3. The number of nitrogens with one attached hydrogen (secondary N) is 2. The van der Waals surface area contributed by atoms with Gasteiger partial charge in [0.2, 0.25) is 11.8 Å². The van der Waals surface area contributed by atoms with Gasteiger partial charge in [-0.1, -0.05) is 63.9 Å². The number of hydrogen-bond acceptors (Lipinski definition) is 5. The minimum Gasteiger partial charge on any atom is -0.349 e. The van der Waals surface area contributed by atoms with E-state index in [9.17, 15) is 14.4 Å². The van der Waals surface area contributed by atoms with Gasteiger partial charge in [-0.25, -0.2) is 0 Å². The van der Waals surface area contributed by atoms with Crippen LogP contribution in [0.4, 0.5) is 0 Å². The summed E-state index contributed by atoms with van der Waals surface area (Å²) in [6, 6.07) is 8.05. The summed E-state index contributed by atoms with van der Waals surface area (Å²) < 4.78 is 5.95. The Morgan fingerprint density at radius 2 is 1.79 bits per heavy atom. The molecule has 1 fully saturated rings. The number of nitrogens with zero attached hydrogens (tertiary/aromatic N) is 1. The van der Waals surface area contributed by atoms with Crippen LogP contribution in [0.3, 0.4) is 0 Å². The van der Waals surface area contributed by atoms with Gasteiger partial charge < -0.3 is 20.3 Å². The molecule has 2 atom stereocenters. The maximum Gasteiger partial charge on any atom is 0.240 e. The highest BCUT2D eigenvalue weighted by Gasteiger charge is 2.59. The number of amides is 2. The summed E-state index contributed by atoms with van der Waals surface area (Å²) in [4.78, 5) is 39.7. The molecule has 33 heavy (non-hydrogen) atoms. The van der Waals surface area contributed by atoms with Crippen molar-refractivity contribution in [2.45, 2.75) is 79.0 Å². The number of aryl methyl sites for hydroxylation is 1. The van der Waals surface area contributed by atoms with Gasteiger partial charge in [-0.15, -0.1) is 0 Å². The third-order valence-corrected chi connectivity index (χ3v) is 6.64. The first kappa shape index (κ1) is 27.0. The molecule has 0 aromatic heterocycles. The van der Waals surface area contributed by atoms with Crippen molar-refractivity contribution in [2.75, 3.05) is 26.2 Å². The van der Waals surface area contributed by atoms with Crippen LogP contribution in [0.1, 0.15) is 77.0 Å². The van der Waals surface area contributed by atoms with E-state index in [1.807, 2.05) is 52.0 Å². The highest BCUT2D eigenvalue weighted by Crippen LogP contribution is 2.45. The van der Waals surface area contributed by atoms with E-state index < -0.39 is 11.6 Å². The fraction of sp³-hybridized carbons (Fsp3) is 0.654. The SMILES string of the molecule is CCC[C@@H](NC(=O)CN1C(=O)C(CC)(CC)[C@@H]1OCC(=O)CCNCC)c1ccc(C)cc1. The molecule has 1 aliphatic rings. The number of rotatable bonds is 15. The Kier molecular flexibility index (Phi) is 10.5. The molecule has 0 aliphatic carbocycles. The molecule has 2 amide bonds. The van der Waals surface area contributed by atoms with Crippen molar-refractivity contribution in [1.29, 1.82) is 0 Å². The Balaban J connectivity index is 2.04. The van der Waals surface area contributed by atoms with Crippen molar-refractivity contribution in [3.63, 3.8) is 0 Å². The largest absolute Gasteiger partial charge is 0.349 e. The second kappa shape index (κ2) is 12.8. The van der Waals surface area contributed by atoms with Crippen LogP contribution < -0.4 is 10.6 Å². The van der Waals surface area contributed by atoms with Gasteiger partial charge in [0.25, 0.3) is 0 Å². The first-order valence-corrected chi connectivity index (χ1v) is 12.3. The zero-order chi connectivity index (χ0) is 24.4. The van der Waals surface area contributed by atoms with Crippen molar-refractivity contribution in [3.8, 4) is 0 Å². The number of carbonyl (C=O) groups is 3. The third-order valence-electron chi connectivity index (χ3n) is 6.64. The molecule has 2 rings (SSSR count). The van der Waals surface area contributed by atoms with Crippen molar-refractivity contribution >= 4 is 17.6 Å². The van der Waals surface area contributed by atoms with Crippen molar-refractivity contribution in [2.24, 2.45) is 5.41 Å². The molecule has 7 heteroatoms. The third kappa shape index (κ3) is 6.64. The van der Waals surface area contributed by atoms with E-state index in [2.05, 4.69) is 17.6 Å². The smallest absolute Gasteiger partial charge is 0.240 e. The van der Waals surface area contributed by atoms with E-state index in [0.717, 1.165) is 24.9 Å². The number of benzene rings is 1. The molecule has 1 saturated heterocycles. The summed E-state index contributed by atoms with van der Waals surface area (Å²) in [5.74, 6) is -0.298. The number of β-lactam (4-membered cyclic amide) rings is 1. The molecule has 1 aromatic rings. The van der Waals surface area contributed by atoms with E-state index in [1.165, 1.54) is 10.5 Å². The predicted molar refractivity (Wildman–Crippen MR) is 130 cm³/mol. The summed E-state index contributed by atoms with van der Waals surface area (Å²) in [5.41, 5.74) is 1.56. The van der Waals surface area contributed by atoms with Gasteiger partial charge in [0.1, 0.15) is 19.4 Å². The Hall–Kier alpha value is -2.25. The molecule has 7 nitrogen and oxygen atoms in total. The topological polar surface area (TPSA) is 87.7 Å². The molecule has 0 saturated carbocycles. The van der Waals surface area contributed by atoms with E-state index in [1.54, 1.807) is 0 Å². The second-order valence-corrected chi connectivity index (χ2v) is 8.92. The molecule has 1 aliphatic heterocycles. The Labute approximate surface area is 198 Å². The average molecular weight is 460 g/mol. The van der Waals surface area contributed by atoms with Gasteiger partial charge in [-0.3, -0.25) is 14.4 Å². The fourth-order valence-corrected chi connectivity index (χ4v) is 4.49. The first-order chi connectivity index (χ1) is 15.8. The number of Topliss-reactive ketones (excluding diaryl/α,β-unsaturated/α-hetero) is 1. The standard InChI is InChI=1S/C26H41N3O4/c1-6-10-22(20-13-11-19(5)12-14-20)28-23(31)17-29-24(32)26(7-2,8-3)25(29)33-18-21(30)15-16-27-9-4/h11-14,22,25,27H,6-10,15-18H2,1-5H3,(H,28,31)/t22-,25+/m1/s1. The van der Waals surface area contributed by atoms with Crippen LogP contribution in [0.2, 0.25) is 0 Å². The highest BCUT2D eigenvalue weighted by molar-refractivity contribution is 5.93. The molecule has 2 N–H and O–H groups in total. The number of ether oxygens (including phenoxy) is 1. The lowest BCUT2D eigenvalue weighted by atomic mass is 9.71. The Morgan fingerprint density at radius 1 is 1.12 bits per heavy atom. The summed E-state index contributed by atoms with van der Waals surface area (Å²) in [7, 11) is 0. The highest BCUT2D eigenvalue weighted by atomic mass is 16.5. The zero-order valence-electron chi connectivity index (χ0n) is 20.9. The predicted octanol–water partition coefficient (Wildman–Crippen LogP) is 3.51. The molecule has 1 aromatic carbocycles. The monoisotopic (exact) mass is 459 g/mol. The van der Waals surface area contributed by atoms with E-state index in [4.69, 9.17) is 4.74 Å². The molecule has 0 spiro atoms. The summed E-state index contributed by atoms with van der Waals surface area (Å²) in [5, 5.41) is 6.22. The number of hydrogen-bond donors (Lipinski definition) is 2. The number of ketones is 1. The normalized spacial score (nSPS) is 18.0. The van der Waals surface area contributed by atoms with Crippen LogP contribution >= 0.6 is 0 Å². The molecule has 184 valence electrons. The minimum absolute atomic E-state index is 0.0109. The van der Waals surface area contributed by atoms with Gasteiger partial charge in [-0.05, 0) is 38.3 Å². The van der Waals surface area contributed by atoms with Gasteiger partial charge in [0, 0.05) is 13.0 Å². The van der Waals surface area contributed by atoms with Gasteiger partial charge in [-0.2, -0.15) is 0 Å². The lowest BCUT2D eigenvalue weighted by molar-refractivity contribution is -0.223. The molecule has 0 radical (unpaired) electrons. The van der Waals surface area contributed by atoms with Crippen molar-refractivity contribution in [3.05, 3.63) is 35.4 Å². The summed E-state index contributed by atoms with van der Waals surface area (Å²) >= 11 is 0. The molecule has 1 heterocycles. The van der Waals surface area contributed by atoms with Crippen LogP contribution in [0, 0.1) is 12.3 Å². The lowest BCUT2D eigenvalue weighted by Crippen LogP contribution is -2.71. The van der Waals surface area contributed by atoms with Crippen molar-refractivity contribution < 1.29 is 19.1 Å².